The summed E-state index contributed by atoms with van der Waals surface area (Å²) in [5, 5.41) is 0. The van der Waals surface area contributed by atoms with Crippen LogP contribution in [0.3, 0.4) is 0 Å². The van der Waals surface area contributed by atoms with Crippen molar-refractivity contribution in [3.63, 3.8) is 0 Å². The van der Waals surface area contributed by atoms with E-state index in [4.69, 9.17) is 10.5 Å². The van der Waals surface area contributed by atoms with Crippen LogP contribution in [0.25, 0.3) is 11.3 Å². The van der Waals surface area contributed by atoms with Crippen molar-refractivity contribution in [2.45, 2.75) is 13.8 Å². The zero-order valence-corrected chi connectivity index (χ0v) is 10.6. The van der Waals surface area contributed by atoms with Crippen LogP contribution in [0.2, 0.25) is 0 Å². The topological polar surface area (TPSA) is 81.0 Å². The number of carbonyl (C=O) groups is 1. The molecule has 0 spiro atoms. The number of nitrogens with one attached hydrogen (secondary N) is 1. The van der Waals surface area contributed by atoms with Crippen LogP contribution in [0, 0.1) is 13.8 Å². The third-order valence-electron chi connectivity index (χ3n) is 3.06. The van der Waals surface area contributed by atoms with Crippen LogP contribution in [0.15, 0.2) is 18.3 Å². The van der Waals surface area contributed by atoms with Crippen LogP contribution in [0.4, 0.5) is 0 Å². The lowest BCUT2D eigenvalue weighted by atomic mass is 10.0. The Kier molecular flexibility index (Phi) is 3.06. The maximum atomic E-state index is 11.0. The molecule has 0 unspecified atom stereocenters. The van der Waals surface area contributed by atoms with Gasteiger partial charge in [-0.25, -0.2) is 4.98 Å². The van der Waals surface area contributed by atoms with E-state index < -0.39 is 5.91 Å². The van der Waals surface area contributed by atoms with Gasteiger partial charge in [0.15, 0.2) is 5.82 Å². The summed E-state index contributed by atoms with van der Waals surface area (Å²) in [6.45, 7) is 3.99. The smallest absolute Gasteiger partial charge is 0.284 e. The van der Waals surface area contributed by atoms with Crippen LogP contribution in [0.1, 0.15) is 21.7 Å². The minimum atomic E-state index is -0.566. The fourth-order valence-electron chi connectivity index (χ4n) is 1.89. The molecular formula is C13H15N3O2. The molecule has 5 nitrogen and oxygen atoms in total. The molecule has 0 saturated carbocycles. The number of rotatable bonds is 3. The van der Waals surface area contributed by atoms with Gasteiger partial charge in [0.25, 0.3) is 5.91 Å². The largest absolute Gasteiger partial charge is 0.496 e. The van der Waals surface area contributed by atoms with Crippen molar-refractivity contribution in [2.75, 3.05) is 7.11 Å². The van der Waals surface area contributed by atoms with Crippen molar-refractivity contribution in [3.8, 4) is 17.0 Å². The number of amides is 1. The van der Waals surface area contributed by atoms with E-state index in [2.05, 4.69) is 9.97 Å². The summed E-state index contributed by atoms with van der Waals surface area (Å²) >= 11 is 0. The van der Waals surface area contributed by atoms with E-state index in [9.17, 15) is 4.79 Å². The molecule has 5 heteroatoms. The van der Waals surface area contributed by atoms with Crippen molar-refractivity contribution in [3.05, 3.63) is 35.3 Å². The first-order chi connectivity index (χ1) is 8.54. The molecule has 0 aliphatic carbocycles. The van der Waals surface area contributed by atoms with Crippen molar-refractivity contribution in [1.82, 2.24) is 9.97 Å². The summed E-state index contributed by atoms with van der Waals surface area (Å²) in [6, 6.07) is 3.82. The van der Waals surface area contributed by atoms with Crippen LogP contribution >= 0.6 is 0 Å². The highest BCUT2D eigenvalue weighted by molar-refractivity contribution is 5.89. The Bertz CT molecular complexity index is 602. The lowest BCUT2D eigenvalue weighted by Crippen LogP contribution is -2.12. The van der Waals surface area contributed by atoms with Crippen LogP contribution in [0.5, 0.6) is 5.75 Å². The average Bonchev–Trinajstić information content (AvgIpc) is 2.82. The van der Waals surface area contributed by atoms with Gasteiger partial charge in [0.1, 0.15) is 5.75 Å². The molecule has 0 aliphatic rings. The molecule has 2 aromatic rings. The summed E-state index contributed by atoms with van der Waals surface area (Å²) in [7, 11) is 1.64. The number of H-pyrrole nitrogens is 1. The van der Waals surface area contributed by atoms with Crippen molar-refractivity contribution < 1.29 is 9.53 Å². The van der Waals surface area contributed by atoms with Gasteiger partial charge in [-0.3, -0.25) is 4.79 Å². The molecule has 0 saturated heterocycles. The van der Waals surface area contributed by atoms with E-state index in [1.165, 1.54) is 0 Å². The lowest BCUT2D eigenvalue weighted by molar-refractivity contribution is 0.0991. The summed E-state index contributed by atoms with van der Waals surface area (Å²) < 4.78 is 5.26. The molecule has 18 heavy (non-hydrogen) atoms. The molecule has 0 fully saturated rings. The summed E-state index contributed by atoms with van der Waals surface area (Å²) in [5.74, 6) is 0.438. The maximum absolute atomic E-state index is 11.0. The maximum Gasteiger partial charge on any atom is 0.284 e. The summed E-state index contributed by atoms with van der Waals surface area (Å²) in [6.07, 6.45) is 1.61. The third-order valence-corrected chi connectivity index (χ3v) is 3.06. The molecule has 1 aromatic carbocycles. The Morgan fingerprint density at radius 3 is 2.61 bits per heavy atom. The number of benzene rings is 1. The predicted molar refractivity (Wildman–Crippen MR) is 68.6 cm³/mol. The second-order valence-electron chi connectivity index (χ2n) is 4.08. The normalized spacial score (nSPS) is 10.4. The number of aromatic amines is 1. The van der Waals surface area contributed by atoms with Gasteiger partial charge in [-0.2, -0.15) is 0 Å². The number of imidazole rings is 1. The quantitative estimate of drug-likeness (QED) is 0.865. The zero-order chi connectivity index (χ0) is 13.3. The zero-order valence-electron chi connectivity index (χ0n) is 10.6. The second kappa shape index (κ2) is 4.52. The highest BCUT2D eigenvalue weighted by Crippen LogP contribution is 2.29. The number of ether oxygens (including phenoxy) is 1. The molecular weight excluding hydrogens is 230 g/mol. The van der Waals surface area contributed by atoms with Crippen LogP contribution in [-0.4, -0.2) is 23.0 Å². The lowest BCUT2D eigenvalue weighted by Gasteiger charge is -2.11. The Labute approximate surface area is 105 Å². The Balaban J connectivity index is 2.50. The highest BCUT2D eigenvalue weighted by Gasteiger charge is 2.12. The van der Waals surface area contributed by atoms with E-state index >= 15 is 0 Å². The minimum Gasteiger partial charge on any atom is -0.496 e. The Morgan fingerprint density at radius 2 is 2.06 bits per heavy atom. The number of primary amides is 1. The molecule has 94 valence electrons. The number of aromatic nitrogens is 2. The first-order valence-corrected chi connectivity index (χ1v) is 5.54. The van der Waals surface area contributed by atoms with Crippen molar-refractivity contribution in [1.29, 1.82) is 0 Å². The van der Waals surface area contributed by atoms with E-state index in [1.54, 1.807) is 13.3 Å². The van der Waals surface area contributed by atoms with Crippen LogP contribution < -0.4 is 10.5 Å². The molecule has 1 aromatic heterocycles. The van der Waals surface area contributed by atoms with Gasteiger partial charge in [0, 0.05) is 5.56 Å². The minimum absolute atomic E-state index is 0.165. The number of carbonyl (C=O) groups excluding carboxylic acids is 1. The van der Waals surface area contributed by atoms with Crippen molar-refractivity contribution >= 4 is 5.91 Å². The fraction of sp³-hybridized carbons (Fsp3) is 0.231. The van der Waals surface area contributed by atoms with Crippen molar-refractivity contribution in [2.24, 2.45) is 5.73 Å². The van der Waals surface area contributed by atoms with Gasteiger partial charge < -0.3 is 15.5 Å². The van der Waals surface area contributed by atoms with Crippen LogP contribution in [-0.2, 0) is 0 Å². The van der Waals surface area contributed by atoms with E-state index in [-0.39, 0.29) is 5.82 Å². The number of methoxy groups -OCH3 is 1. The van der Waals surface area contributed by atoms with Gasteiger partial charge in [-0.15, -0.1) is 0 Å². The van der Waals surface area contributed by atoms with Gasteiger partial charge in [-0.1, -0.05) is 0 Å². The monoisotopic (exact) mass is 245 g/mol. The number of nitrogens with zero attached hydrogens (tertiary/aromatic N) is 1. The number of hydrogen-bond donors (Lipinski definition) is 2. The molecule has 0 bridgehead atoms. The van der Waals surface area contributed by atoms with E-state index in [1.807, 2.05) is 26.0 Å². The molecule has 1 amide bonds. The average molecular weight is 245 g/mol. The first-order valence-electron chi connectivity index (χ1n) is 5.54. The Morgan fingerprint density at radius 1 is 1.33 bits per heavy atom. The fourth-order valence-corrected chi connectivity index (χ4v) is 1.89. The molecule has 3 N–H and O–H groups in total. The van der Waals surface area contributed by atoms with Gasteiger partial charge in [0.05, 0.1) is 19.0 Å². The number of hydrogen-bond acceptors (Lipinski definition) is 3. The standard InChI is InChI=1S/C13H15N3O2/c1-7-8(2)11(18-3)5-4-9(7)10-6-15-13(16-10)12(14)17/h4-6H,1-3H3,(H2,14,17)(H,15,16). The van der Waals surface area contributed by atoms with Gasteiger partial charge in [-0.05, 0) is 37.1 Å². The van der Waals surface area contributed by atoms with E-state index in [0.717, 1.165) is 28.1 Å². The molecule has 2 rings (SSSR count). The predicted octanol–water partition coefficient (Wildman–Crippen LogP) is 1.80. The summed E-state index contributed by atoms with van der Waals surface area (Å²) in [5.41, 5.74) is 9.05. The third kappa shape index (κ3) is 1.95. The number of nitrogens with two attached hydrogens (primary N) is 1. The van der Waals surface area contributed by atoms with E-state index in [0.29, 0.717) is 0 Å². The molecule has 0 aliphatic heterocycles. The molecule has 1 heterocycles. The highest BCUT2D eigenvalue weighted by atomic mass is 16.5. The SMILES string of the molecule is COc1ccc(-c2cnc(C(N)=O)[nH]2)c(C)c1C. The summed E-state index contributed by atoms with van der Waals surface area (Å²) in [4.78, 5) is 17.9. The first kappa shape index (κ1) is 12.2. The van der Waals surface area contributed by atoms with Gasteiger partial charge >= 0.3 is 0 Å². The van der Waals surface area contributed by atoms with Gasteiger partial charge in [0.2, 0.25) is 0 Å². The molecule has 0 atom stereocenters. The second-order valence-corrected chi connectivity index (χ2v) is 4.08. The Hall–Kier alpha value is -2.30. The molecule has 0 radical (unpaired) electrons.